The van der Waals surface area contributed by atoms with E-state index in [1.807, 2.05) is 17.5 Å². The molecular weight excluding hydrogens is 329 g/mol. The lowest BCUT2D eigenvalue weighted by molar-refractivity contribution is -0.129. The van der Waals surface area contributed by atoms with Gasteiger partial charge in [-0.15, -0.1) is 11.3 Å². The Morgan fingerprint density at radius 2 is 2.04 bits per heavy atom. The Morgan fingerprint density at radius 1 is 1.25 bits per heavy atom. The minimum Gasteiger partial charge on any atom is -0.340 e. The molecule has 0 aliphatic carbocycles. The summed E-state index contributed by atoms with van der Waals surface area (Å²) in [6.45, 7) is 1.16. The lowest BCUT2D eigenvalue weighted by Crippen LogP contribution is -2.40. The highest BCUT2D eigenvalue weighted by Crippen LogP contribution is 2.15. The molecule has 1 saturated heterocycles. The number of nitrogens with one attached hydrogen (secondary N) is 2. The molecule has 1 aromatic heterocycles. The first kappa shape index (κ1) is 16.4. The molecule has 2 heterocycles. The molecule has 0 saturated carbocycles. The van der Waals surface area contributed by atoms with Gasteiger partial charge in [-0.3, -0.25) is 4.79 Å². The van der Waals surface area contributed by atoms with Crippen molar-refractivity contribution in [3.8, 4) is 0 Å². The first-order chi connectivity index (χ1) is 11.6. The fourth-order valence-electron chi connectivity index (χ4n) is 2.66. The van der Waals surface area contributed by atoms with Gasteiger partial charge in [-0.05, 0) is 42.1 Å². The first-order valence-electron chi connectivity index (χ1n) is 7.73. The van der Waals surface area contributed by atoms with Crippen molar-refractivity contribution >= 4 is 29.0 Å². The normalized spacial score (nSPS) is 16.9. The van der Waals surface area contributed by atoms with E-state index in [4.69, 9.17) is 0 Å². The summed E-state index contributed by atoms with van der Waals surface area (Å²) in [5.74, 6) is -0.266. The summed E-state index contributed by atoms with van der Waals surface area (Å²) in [4.78, 5) is 27.0. The maximum absolute atomic E-state index is 12.8. The van der Waals surface area contributed by atoms with Gasteiger partial charge in [-0.2, -0.15) is 0 Å². The average molecular weight is 347 g/mol. The van der Waals surface area contributed by atoms with Gasteiger partial charge in [0.25, 0.3) is 0 Å². The summed E-state index contributed by atoms with van der Waals surface area (Å²) in [6, 6.07) is 9.04. The third-order valence-corrected chi connectivity index (χ3v) is 4.76. The van der Waals surface area contributed by atoms with Crippen LogP contribution in [-0.4, -0.2) is 36.0 Å². The van der Waals surface area contributed by atoms with Crippen LogP contribution in [0.3, 0.4) is 0 Å². The Kier molecular flexibility index (Phi) is 5.10. The number of carbonyl (C=O) groups excluding carboxylic acids is 2. The van der Waals surface area contributed by atoms with Crippen molar-refractivity contribution < 1.29 is 14.0 Å². The van der Waals surface area contributed by atoms with Gasteiger partial charge >= 0.3 is 6.03 Å². The number of hydrogen-bond acceptors (Lipinski definition) is 3. The number of urea groups is 1. The number of nitrogens with zero attached hydrogens (tertiary/aromatic N) is 1. The number of anilines is 1. The van der Waals surface area contributed by atoms with Crippen LogP contribution >= 0.6 is 11.3 Å². The molecule has 1 atom stereocenters. The van der Waals surface area contributed by atoms with Gasteiger partial charge < -0.3 is 15.5 Å². The van der Waals surface area contributed by atoms with Crippen LogP contribution in [0.1, 0.15) is 11.3 Å². The number of hydrogen-bond donors (Lipinski definition) is 2. The second-order valence-corrected chi connectivity index (χ2v) is 6.72. The largest absolute Gasteiger partial charge is 0.340 e. The van der Waals surface area contributed by atoms with Gasteiger partial charge in [0, 0.05) is 29.7 Å². The van der Waals surface area contributed by atoms with E-state index in [0.29, 0.717) is 25.2 Å². The molecule has 1 aromatic carbocycles. The van der Waals surface area contributed by atoms with E-state index in [1.165, 1.54) is 24.3 Å². The minimum atomic E-state index is -0.350. The fraction of sp³-hybridized carbons (Fsp3) is 0.294. The van der Waals surface area contributed by atoms with Crippen LogP contribution in [0.4, 0.5) is 14.9 Å². The molecule has 1 fully saturated rings. The Balaban J connectivity index is 1.46. The average Bonchev–Trinajstić information content (AvgIpc) is 3.21. The smallest absolute Gasteiger partial charge is 0.319 e. The Bertz CT molecular complexity index is 703. The maximum Gasteiger partial charge on any atom is 0.319 e. The summed E-state index contributed by atoms with van der Waals surface area (Å²) in [7, 11) is 0. The number of rotatable bonds is 4. The second-order valence-electron chi connectivity index (χ2n) is 5.69. The van der Waals surface area contributed by atoms with Gasteiger partial charge in [0.1, 0.15) is 5.82 Å². The Morgan fingerprint density at radius 3 is 2.75 bits per heavy atom. The molecule has 1 aliphatic heterocycles. The van der Waals surface area contributed by atoms with Gasteiger partial charge in [0.2, 0.25) is 5.91 Å². The third kappa shape index (κ3) is 4.32. The van der Waals surface area contributed by atoms with Crippen LogP contribution in [0.15, 0.2) is 41.8 Å². The van der Waals surface area contributed by atoms with Crippen LogP contribution in [-0.2, 0) is 11.2 Å². The van der Waals surface area contributed by atoms with E-state index in [-0.39, 0.29) is 23.8 Å². The number of thiophene rings is 1. The molecule has 3 rings (SSSR count). The predicted octanol–water partition coefficient (Wildman–Crippen LogP) is 2.85. The number of carbonyl (C=O) groups is 2. The van der Waals surface area contributed by atoms with E-state index in [1.54, 1.807) is 16.2 Å². The molecule has 3 amide bonds. The molecule has 126 valence electrons. The number of halogens is 1. The van der Waals surface area contributed by atoms with Gasteiger partial charge in [-0.1, -0.05) is 6.07 Å². The van der Waals surface area contributed by atoms with Crippen LogP contribution in [0.2, 0.25) is 0 Å². The molecule has 2 N–H and O–H groups in total. The van der Waals surface area contributed by atoms with E-state index in [0.717, 1.165) is 11.3 Å². The minimum absolute atomic E-state index is 0.0715. The Labute approximate surface area is 143 Å². The monoisotopic (exact) mass is 347 g/mol. The molecule has 24 heavy (non-hydrogen) atoms. The zero-order valence-corrected chi connectivity index (χ0v) is 13.8. The maximum atomic E-state index is 12.8. The first-order valence-corrected chi connectivity index (χ1v) is 8.61. The van der Waals surface area contributed by atoms with Gasteiger partial charge in [0.05, 0.1) is 6.42 Å². The van der Waals surface area contributed by atoms with Crippen molar-refractivity contribution in [1.29, 1.82) is 0 Å². The number of amides is 3. The highest BCUT2D eigenvalue weighted by Gasteiger charge is 2.27. The van der Waals surface area contributed by atoms with E-state index < -0.39 is 0 Å². The van der Waals surface area contributed by atoms with Crippen molar-refractivity contribution in [2.75, 3.05) is 18.4 Å². The standard InChI is InChI=1S/C17H18FN3O2S/c18-12-3-5-13(6-4-12)19-17(23)20-14-7-8-21(11-14)16(22)10-15-2-1-9-24-15/h1-6,9,14H,7-8,10-11H2,(H2,19,20,23). The SMILES string of the molecule is O=C(Nc1ccc(F)cc1)NC1CCN(C(=O)Cc2cccs2)C1. The molecule has 1 aliphatic rings. The van der Waals surface area contributed by atoms with Crippen molar-refractivity contribution in [3.63, 3.8) is 0 Å². The molecule has 0 bridgehead atoms. The highest BCUT2D eigenvalue weighted by molar-refractivity contribution is 7.10. The summed E-state index contributed by atoms with van der Waals surface area (Å²) in [6.07, 6.45) is 1.14. The van der Waals surface area contributed by atoms with Crippen LogP contribution in [0.25, 0.3) is 0 Å². The van der Waals surface area contributed by atoms with Crippen molar-refractivity contribution in [1.82, 2.24) is 10.2 Å². The number of likely N-dealkylation sites (tertiary alicyclic amines) is 1. The zero-order chi connectivity index (χ0) is 16.9. The van der Waals surface area contributed by atoms with Gasteiger partial charge in [0.15, 0.2) is 0 Å². The molecule has 1 unspecified atom stereocenters. The second kappa shape index (κ2) is 7.44. The predicted molar refractivity (Wildman–Crippen MR) is 91.6 cm³/mol. The molecule has 0 spiro atoms. The van der Waals surface area contributed by atoms with Crippen molar-refractivity contribution in [3.05, 3.63) is 52.5 Å². The zero-order valence-electron chi connectivity index (χ0n) is 13.0. The number of benzene rings is 1. The highest BCUT2D eigenvalue weighted by atomic mass is 32.1. The summed E-state index contributed by atoms with van der Waals surface area (Å²) < 4.78 is 12.8. The third-order valence-electron chi connectivity index (χ3n) is 3.88. The summed E-state index contributed by atoms with van der Waals surface area (Å²) in [5.41, 5.74) is 0.525. The Hall–Kier alpha value is -2.41. The van der Waals surface area contributed by atoms with E-state index >= 15 is 0 Å². The lowest BCUT2D eigenvalue weighted by Gasteiger charge is -2.17. The topological polar surface area (TPSA) is 61.4 Å². The molecular formula is C17H18FN3O2S. The fourth-order valence-corrected chi connectivity index (χ4v) is 3.36. The summed E-state index contributed by atoms with van der Waals surface area (Å²) in [5, 5.41) is 7.46. The van der Waals surface area contributed by atoms with Crippen LogP contribution in [0, 0.1) is 5.82 Å². The van der Waals surface area contributed by atoms with Gasteiger partial charge in [-0.25, -0.2) is 9.18 Å². The van der Waals surface area contributed by atoms with E-state index in [2.05, 4.69) is 10.6 Å². The molecule has 0 radical (unpaired) electrons. The molecule has 7 heteroatoms. The molecule has 5 nitrogen and oxygen atoms in total. The van der Waals surface area contributed by atoms with Crippen molar-refractivity contribution in [2.24, 2.45) is 0 Å². The van der Waals surface area contributed by atoms with Crippen molar-refractivity contribution in [2.45, 2.75) is 18.9 Å². The quantitative estimate of drug-likeness (QED) is 0.893. The van der Waals surface area contributed by atoms with E-state index in [9.17, 15) is 14.0 Å². The lowest BCUT2D eigenvalue weighted by atomic mass is 10.2. The summed E-state index contributed by atoms with van der Waals surface area (Å²) >= 11 is 1.57. The van der Waals surface area contributed by atoms with Crippen LogP contribution in [0.5, 0.6) is 0 Å². The molecule has 2 aromatic rings. The van der Waals surface area contributed by atoms with Crippen LogP contribution < -0.4 is 10.6 Å².